The zero-order chi connectivity index (χ0) is 13.7. The minimum absolute atomic E-state index is 0.0462. The summed E-state index contributed by atoms with van der Waals surface area (Å²) in [6, 6.07) is 18.4. The quantitative estimate of drug-likeness (QED) is 0.782. The Balaban J connectivity index is 2.04. The molecule has 0 bridgehead atoms. The maximum Gasteiger partial charge on any atom is 0.166 e. The van der Waals surface area contributed by atoms with E-state index in [0.29, 0.717) is 11.3 Å². The van der Waals surface area contributed by atoms with Crippen LogP contribution in [0.2, 0.25) is 0 Å². The first-order valence-corrected chi connectivity index (χ1v) is 7.53. The first-order valence-electron chi connectivity index (χ1n) is 6.21. The fourth-order valence-corrected chi connectivity index (χ4v) is 3.12. The molecule has 0 amide bonds. The molecule has 2 aromatic rings. The molecule has 2 unspecified atom stereocenters. The number of rotatable bonds is 5. The molecule has 98 valence electrons. The molecule has 0 saturated carbocycles. The summed E-state index contributed by atoms with van der Waals surface area (Å²) in [4.78, 5) is 13.0. The number of benzene rings is 2. The summed E-state index contributed by atoms with van der Waals surface area (Å²) in [6.07, 6.45) is 0. The van der Waals surface area contributed by atoms with Crippen molar-refractivity contribution in [2.24, 2.45) is 5.92 Å². The SMILES string of the molecule is CC(CS(=O)c1ccccc1)C(=O)c1ccccc1. The van der Waals surface area contributed by atoms with Crippen LogP contribution >= 0.6 is 0 Å². The summed E-state index contributed by atoms with van der Waals surface area (Å²) in [5, 5.41) is 0. The van der Waals surface area contributed by atoms with Gasteiger partial charge in [-0.25, -0.2) is 0 Å². The van der Waals surface area contributed by atoms with Crippen molar-refractivity contribution in [1.82, 2.24) is 0 Å². The Morgan fingerprint density at radius 2 is 1.53 bits per heavy atom. The van der Waals surface area contributed by atoms with Gasteiger partial charge >= 0.3 is 0 Å². The molecule has 0 N–H and O–H groups in total. The summed E-state index contributed by atoms with van der Waals surface area (Å²) in [7, 11) is -1.13. The zero-order valence-electron chi connectivity index (χ0n) is 10.8. The molecule has 19 heavy (non-hydrogen) atoms. The van der Waals surface area contributed by atoms with E-state index in [9.17, 15) is 9.00 Å². The third-order valence-corrected chi connectivity index (χ3v) is 4.51. The monoisotopic (exact) mass is 272 g/mol. The van der Waals surface area contributed by atoms with E-state index >= 15 is 0 Å². The van der Waals surface area contributed by atoms with Crippen LogP contribution in [0.25, 0.3) is 0 Å². The molecule has 0 aliphatic heterocycles. The van der Waals surface area contributed by atoms with E-state index in [2.05, 4.69) is 0 Å². The van der Waals surface area contributed by atoms with Gasteiger partial charge in [0.25, 0.3) is 0 Å². The van der Waals surface area contributed by atoms with Gasteiger partial charge in [-0.15, -0.1) is 0 Å². The van der Waals surface area contributed by atoms with Gasteiger partial charge in [-0.3, -0.25) is 9.00 Å². The highest BCUT2D eigenvalue weighted by molar-refractivity contribution is 7.85. The van der Waals surface area contributed by atoms with E-state index in [0.717, 1.165) is 4.90 Å². The van der Waals surface area contributed by atoms with E-state index in [1.165, 1.54) is 0 Å². The Morgan fingerprint density at radius 3 is 2.11 bits per heavy atom. The maximum absolute atomic E-state index is 12.2. The van der Waals surface area contributed by atoms with E-state index in [-0.39, 0.29) is 11.7 Å². The first-order chi connectivity index (χ1) is 9.18. The van der Waals surface area contributed by atoms with Gasteiger partial charge in [0, 0.05) is 22.1 Å². The fraction of sp³-hybridized carbons (Fsp3) is 0.188. The second kappa shape index (κ2) is 6.43. The van der Waals surface area contributed by atoms with Crippen molar-refractivity contribution in [2.75, 3.05) is 5.75 Å². The highest BCUT2D eigenvalue weighted by Crippen LogP contribution is 2.14. The van der Waals surface area contributed by atoms with Crippen LogP contribution in [-0.2, 0) is 10.8 Å². The Hall–Kier alpha value is -1.74. The van der Waals surface area contributed by atoms with Crippen LogP contribution in [0.1, 0.15) is 17.3 Å². The van der Waals surface area contributed by atoms with Crippen molar-refractivity contribution in [2.45, 2.75) is 11.8 Å². The van der Waals surface area contributed by atoms with Gasteiger partial charge in [-0.1, -0.05) is 55.5 Å². The largest absolute Gasteiger partial charge is 0.294 e. The maximum atomic E-state index is 12.2. The highest BCUT2D eigenvalue weighted by atomic mass is 32.2. The smallest absolute Gasteiger partial charge is 0.166 e. The molecule has 2 atom stereocenters. The number of carbonyl (C=O) groups excluding carboxylic acids is 1. The third-order valence-electron chi connectivity index (χ3n) is 2.91. The molecular weight excluding hydrogens is 256 g/mol. The topological polar surface area (TPSA) is 34.1 Å². The molecule has 0 saturated heterocycles. The average Bonchev–Trinajstić information content (AvgIpc) is 2.48. The number of hydrogen-bond donors (Lipinski definition) is 0. The van der Waals surface area contributed by atoms with Crippen LogP contribution in [0.3, 0.4) is 0 Å². The normalized spacial score (nSPS) is 13.7. The van der Waals surface area contributed by atoms with Crippen LogP contribution in [-0.4, -0.2) is 15.7 Å². The first kappa shape index (κ1) is 13.7. The van der Waals surface area contributed by atoms with Crippen LogP contribution < -0.4 is 0 Å². The van der Waals surface area contributed by atoms with Crippen molar-refractivity contribution in [3.8, 4) is 0 Å². The molecule has 2 aromatic carbocycles. The number of carbonyl (C=O) groups is 1. The predicted molar refractivity (Wildman–Crippen MR) is 77.7 cm³/mol. The molecule has 0 aromatic heterocycles. The standard InChI is InChI=1S/C16H16O2S/c1-13(16(17)14-8-4-2-5-9-14)12-19(18)15-10-6-3-7-11-15/h2-11,13H,12H2,1H3. The predicted octanol–water partition coefficient (Wildman–Crippen LogP) is 3.31. The van der Waals surface area contributed by atoms with Gasteiger partial charge in [0.15, 0.2) is 5.78 Å². The summed E-state index contributed by atoms with van der Waals surface area (Å²) < 4.78 is 12.1. The summed E-state index contributed by atoms with van der Waals surface area (Å²) in [5.41, 5.74) is 0.681. The molecule has 0 fully saturated rings. The molecule has 2 nitrogen and oxygen atoms in total. The zero-order valence-corrected chi connectivity index (χ0v) is 11.6. The van der Waals surface area contributed by atoms with Crippen molar-refractivity contribution >= 4 is 16.6 Å². The lowest BCUT2D eigenvalue weighted by atomic mass is 10.0. The van der Waals surface area contributed by atoms with Gasteiger partial charge in [-0.05, 0) is 12.1 Å². The minimum atomic E-state index is -1.13. The van der Waals surface area contributed by atoms with Gasteiger partial charge < -0.3 is 0 Å². The van der Waals surface area contributed by atoms with Gasteiger partial charge in [-0.2, -0.15) is 0 Å². The van der Waals surface area contributed by atoms with Crippen LogP contribution in [0, 0.1) is 5.92 Å². The second-order valence-electron chi connectivity index (χ2n) is 4.46. The fourth-order valence-electron chi connectivity index (χ4n) is 1.86. The van der Waals surface area contributed by atoms with Gasteiger partial charge in [0.05, 0.1) is 10.8 Å². The van der Waals surface area contributed by atoms with Crippen LogP contribution in [0.4, 0.5) is 0 Å². The van der Waals surface area contributed by atoms with Gasteiger partial charge in [0.1, 0.15) is 0 Å². The highest BCUT2D eigenvalue weighted by Gasteiger charge is 2.18. The lowest BCUT2D eigenvalue weighted by Crippen LogP contribution is -2.18. The van der Waals surface area contributed by atoms with E-state index in [1.54, 1.807) is 12.1 Å². The third kappa shape index (κ3) is 3.61. The second-order valence-corrected chi connectivity index (χ2v) is 5.95. The van der Waals surface area contributed by atoms with E-state index < -0.39 is 10.8 Å². The average molecular weight is 272 g/mol. The molecular formula is C16H16O2S. The Labute approximate surface area is 115 Å². The lowest BCUT2D eigenvalue weighted by Gasteiger charge is -2.10. The molecule has 0 spiro atoms. The van der Waals surface area contributed by atoms with E-state index in [1.807, 2.05) is 55.5 Å². The molecule has 3 heteroatoms. The number of ketones is 1. The molecule has 0 aliphatic carbocycles. The van der Waals surface area contributed by atoms with E-state index in [4.69, 9.17) is 0 Å². The van der Waals surface area contributed by atoms with Crippen molar-refractivity contribution in [1.29, 1.82) is 0 Å². The molecule has 0 aliphatic rings. The Morgan fingerprint density at radius 1 is 1.00 bits per heavy atom. The number of Topliss-reactive ketones (excluding diaryl/α,β-unsaturated/α-hetero) is 1. The van der Waals surface area contributed by atoms with Crippen LogP contribution in [0.15, 0.2) is 65.6 Å². The van der Waals surface area contributed by atoms with Crippen molar-refractivity contribution in [3.05, 3.63) is 66.2 Å². The summed E-state index contributed by atoms with van der Waals surface area (Å²) in [6.45, 7) is 1.83. The lowest BCUT2D eigenvalue weighted by molar-refractivity contribution is 0.0941. The van der Waals surface area contributed by atoms with Gasteiger partial charge in [0.2, 0.25) is 0 Å². The summed E-state index contributed by atoms with van der Waals surface area (Å²) in [5.74, 6) is 0.158. The molecule has 0 heterocycles. The number of hydrogen-bond acceptors (Lipinski definition) is 2. The van der Waals surface area contributed by atoms with Crippen LogP contribution in [0.5, 0.6) is 0 Å². The molecule has 0 radical (unpaired) electrons. The Bertz CT molecular complexity index is 564. The van der Waals surface area contributed by atoms with Crippen molar-refractivity contribution in [3.63, 3.8) is 0 Å². The Kier molecular flexibility index (Phi) is 4.63. The van der Waals surface area contributed by atoms with Crippen molar-refractivity contribution < 1.29 is 9.00 Å². The minimum Gasteiger partial charge on any atom is -0.294 e. The molecule has 2 rings (SSSR count). The summed E-state index contributed by atoms with van der Waals surface area (Å²) >= 11 is 0.